The second-order valence-electron chi connectivity index (χ2n) is 3.90. The second-order valence-corrected chi connectivity index (χ2v) is 6.68. The summed E-state index contributed by atoms with van der Waals surface area (Å²) >= 11 is 7.15. The Labute approximate surface area is 122 Å². The van der Waals surface area contributed by atoms with E-state index in [9.17, 15) is 9.00 Å². The van der Waals surface area contributed by atoms with Gasteiger partial charge in [-0.3, -0.25) is 4.21 Å². The maximum absolute atomic E-state index is 12.1. The lowest BCUT2D eigenvalue weighted by molar-refractivity contribution is 0.0701. The third kappa shape index (κ3) is 3.65. The van der Waals surface area contributed by atoms with Gasteiger partial charge in [0.1, 0.15) is 4.88 Å². The summed E-state index contributed by atoms with van der Waals surface area (Å²) in [6, 6.07) is 8.94. The number of carboxylic acids is 1. The lowest BCUT2D eigenvalue weighted by Gasteiger charge is -2.04. The van der Waals surface area contributed by atoms with Gasteiger partial charge in [0.05, 0.1) is 11.5 Å². The van der Waals surface area contributed by atoms with Crippen LogP contribution in [0, 0.1) is 0 Å². The molecule has 0 spiro atoms. The van der Waals surface area contributed by atoms with Gasteiger partial charge in [0, 0.05) is 15.8 Å². The predicted octanol–water partition coefficient (Wildman–Crippen LogP) is 3.55. The molecular formula is C13H11ClO3S2. The summed E-state index contributed by atoms with van der Waals surface area (Å²) < 4.78 is 12.1. The van der Waals surface area contributed by atoms with E-state index in [-0.39, 0.29) is 10.6 Å². The highest BCUT2D eigenvalue weighted by atomic mass is 35.5. The number of hydrogen-bond donors (Lipinski definition) is 1. The van der Waals surface area contributed by atoms with Crippen molar-refractivity contribution in [3.05, 3.63) is 56.7 Å². The van der Waals surface area contributed by atoms with Gasteiger partial charge in [-0.1, -0.05) is 29.8 Å². The standard InChI is InChI=1S/C13H11ClO3S2/c14-11-4-2-1-3-9(11)7-19(17)8-10-5-6-18-12(10)13(15)16/h1-6H,7-8H2,(H,15,16). The minimum atomic E-state index is -1.18. The molecule has 1 atom stereocenters. The van der Waals surface area contributed by atoms with Crippen molar-refractivity contribution in [1.82, 2.24) is 0 Å². The summed E-state index contributed by atoms with van der Waals surface area (Å²) in [6.45, 7) is 0. The van der Waals surface area contributed by atoms with Crippen molar-refractivity contribution < 1.29 is 14.1 Å². The average Bonchev–Trinajstić information content (AvgIpc) is 2.80. The molecule has 3 nitrogen and oxygen atoms in total. The largest absolute Gasteiger partial charge is 0.477 e. The zero-order valence-electron chi connectivity index (χ0n) is 9.84. The lowest BCUT2D eigenvalue weighted by Crippen LogP contribution is -2.03. The van der Waals surface area contributed by atoms with E-state index in [4.69, 9.17) is 16.7 Å². The van der Waals surface area contributed by atoms with Gasteiger partial charge < -0.3 is 5.11 Å². The molecule has 1 unspecified atom stereocenters. The molecule has 2 rings (SSSR count). The zero-order chi connectivity index (χ0) is 13.8. The first-order valence-corrected chi connectivity index (χ1v) is 8.20. The molecule has 0 aliphatic heterocycles. The first kappa shape index (κ1) is 14.2. The van der Waals surface area contributed by atoms with Crippen LogP contribution in [0.1, 0.15) is 20.8 Å². The monoisotopic (exact) mass is 314 g/mol. The summed E-state index contributed by atoms with van der Waals surface area (Å²) in [7, 11) is -1.18. The topological polar surface area (TPSA) is 54.4 Å². The van der Waals surface area contributed by atoms with Crippen molar-refractivity contribution in [1.29, 1.82) is 0 Å². The fourth-order valence-corrected chi connectivity index (χ4v) is 4.07. The van der Waals surface area contributed by atoms with E-state index in [1.807, 2.05) is 18.2 Å². The van der Waals surface area contributed by atoms with Gasteiger partial charge in [0.25, 0.3) is 0 Å². The molecule has 1 aromatic heterocycles. The molecule has 6 heteroatoms. The summed E-state index contributed by atoms with van der Waals surface area (Å²) in [5.41, 5.74) is 1.43. The molecule has 0 radical (unpaired) electrons. The number of halogens is 1. The Bertz CT molecular complexity index is 622. The molecule has 0 aliphatic carbocycles. The van der Waals surface area contributed by atoms with E-state index < -0.39 is 16.8 Å². The van der Waals surface area contributed by atoms with Crippen LogP contribution in [0.4, 0.5) is 0 Å². The fourth-order valence-electron chi connectivity index (χ4n) is 1.65. The quantitative estimate of drug-likeness (QED) is 0.918. The number of aromatic carboxylic acids is 1. The second kappa shape index (κ2) is 6.32. The minimum absolute atomic E-state index is 0.232. The Morgan fingerprint density at radius 2 is 1.89 bits per heavy atom. The third-order valence-electron chi connectivity index (χ3n) is 2.53. The zero-order valence-corrected chi connectivity index (χ0v) is 12.2. The molecule has 0 saturated heterocycles. The maximum Gasteiger partial charge on any atom is 0.346 e. The molecule has 1 N–H and O–H groups in total. The molecule has 1 heterocycles. The lowest BCUT2D eigenvalue weighted by atomic mass is 10.2. The fraction of sp³-hybridized carbons (Fsp3) is 0.154. The molecule has 0 saturated carbocycles. The van der Waals surface area contributed by atoms with Crippen molar-refractivity contribution in [3.63, 3.8) is 0 Å². The number of carbonyl (C=O) groups is 1. The van der Waals surface area contributed by atoms with Crippen LogP contribution in [0.2, 0.25) is 5.02 Å². The van der Waals surface area contributed by atoms with Crippen molar-refractivity contribution in [2.45, 2.75) is 11.5 Å². The number of rotatable bonds is 5. The summed E-state index contributed by atoms with van der Waals surface area (Å²) in [5, 5.41) is 11.3. The van der Waals surface area contributed by atoms with Crippen LogP contribution in [0.3, 0.4) is 0 Å². The first-order valence-electron chi connectivity index (χ1n) is 5.46. The van der Waals surface area contributed by atoms with Crippen LogP contribution in [0.5, 0.6) is 0 Å². The Morgan fingerprint density at radius 1 is 1.21 bits per heavy atom. The highest BCUT2D eigenvalue weighted by molar-refractivity contribution is 7.83. The highest BCUT2D eigenvalue weighted by Gasteiger charge is 2.14. The number of thiophene rings is 1. The van der Waals surface area contributed by atoms with Crippen LogP contribution in [-0.2, 0) is 22.3 Å². The number of carboxylic acid groups (broad SMARTS) is 1. The van der Waals surface area contributed by atoms with Crippen molar-refractivity contribution in [3.8, 4) is 0 Å². The molecular weight excluding hydrogens is 304 g/mol. The summed E-state index contributed by atoms with van der Waals surface area (Å²) in [5.74, 6) is -0.412. The van der Waals surface area contributed by atoms with Gasteiger partial charge in [-0.15, -0.1) is 11.3 Å². The van der Waals surface area contributed by atoms with Gasteiger partial charge >= 0.3 is 5.97 Å². The molecule has 100 valence electrons. The molecule has 0 bridgehead atoms. The Hall–Kier alpha value is -1.17. The van der Waals surface area contributed by atoms with E-state index in [0.717, 1.165) is 16.9 Å². The summed E-state index contributed by atoms with van der Waals surface area (Å²) in [4.78, 5) is 11.2. The van der Waals surface area contributed by atoms with Crippen LogP contribution >= 0.6 is 22.9 Å². The van der Waals surface area contributed by atoms with Crippen molar-refractivity contribution >= 4 is 39.7 Å². The SMILES string of the molecule is O=C(O)c1sccc1CS(=O)Cc1ccccc1Cl. The maximum atomic E-state index is 12.1. The molecule has 0 fully saturated rings. The average molecular weight is 315 g/mol. The molecule has 0 amide bonds. The van der Waals surface area contributed by atoms with Crippen molar-refractivity contribution in [2.24, 2.45) is 0 Å². The molecule has 2 aromatic rings. The predicted molar refractivity (Wildman–Crippen MR) is 78.3 cm³/mol. The third-order valence-corrected chi connectivity index (χ3v) is 5.11. The Kier molecular flexibility index (Phi) is 4.74. The van der Waals surface area contributed by atoms with Gasteiger partial charge in [-0.25, -0.2) is 4.79 Å². The molecule has 0 aliphatic rings. The Morgan fingerprint density at radius 3 is 2.58 bits per heavy atom. The number of benzene rings is 1. The number of hydrogen-bond acceptors (Lipinski definition) is 3. The van der Waals surface area contributed by atoms with Crippen LogP contribution < -0.4 is 0 Å². The highest BCUT2D eigenvalue weighted by Crippen LogP contribution is 2.21. The van der Waals surface area contributed by atoms with Gasteiger partial charge in [0.2, 0.25) is 0 Å². The van der Waals surface area contributed by atoms with Gasteiger partial charge in [0.15, 0.2) is 0 Å². The first-order chi connectivity index (χ1) is 9.08. The van der Waals surface area contributed by atoms with E-state index >= 15 is 0 Å². The van der Waals surface area contributed by atoms with E-state index in [0.29, 0.717) is 16.3 Å². The Balaban J connectivity index is 2.08. The van der Waals surface area contributed by atoms with E-state index in [1.165, 1.54) is 0 Å². The van der Waals surface area contributed by atoms with Crippen molar-refractivity contribution in [2.75, 3.05) is 0 Å². The minimum Gasteiger partial charge on any atom is -0.477 e. The van der Waals surface area contributed by atoms with E-state index in [2.05, 4.69) is 0 Å². The van der Waals surface area contributed by atoms with Crippen LogP contribution in [-0.4, -0.2) is 15.3 Å². The van der Waals surface area contributed by atoms with Crippen LogP contribution in [0.25, 0.3) is 0 Å². The van der Waals surface area contributed by atoms with Gasteiger partial charge in [-0.05, 0) is 28.6 Å². The van der Waals surface area contributed by atoms with Gasteiger partial charge in [-0.2, -0.15) is 0 Å². The molecule has 1 aromatic carbocycles. The smallest absolute Gasteiger partial charge is 0.346 e. The van der Waals surface area contributed by atoms with Crippen LogP contribution in [0.15, 0.2) is 35.7 Å². The summed E-state index contributed by atoms with van der Waals surface area (Å²) in [6.07, 6.45) is 0. The molecule has 19 heavy (non-hydrogen) atoms. The normalized spacial score (nSPS) is 12.3. The van der Waals surface area contributed by atoms with E-state index in [1.54, 1.807) is 17.5 Å².